The summed E-state index contributed by atoms with van der Waals surface area (Å²) in [5.41, 5.74) is 1.85. The number of anilines is 1. The molecule has 0 saturated carbocycles. The molecule has 0 unspecified atom stereocenters. The van der Waals surface area contributed by atoms with Crippen LogP contribution in [0, 0.1) is 6.92 Å². The van der Waals surface area contributed by atoms with Crippen LogP contribution in [-0.4, -0.2) is 62.5 Å². The monoisotopic (exact) mass is 417 g/mol. The summed E-state index contributed by atoms with van der Waals surface area (Å²) >= 11 is 3.44. The van der Waals surface area contributed by atoms with E-state index >= 15 is 0 Å². The van der Waals surface area contributed by atoms with E-state index in [4.69, 9.17) is 0 Å². The van der Waals surface area contributed by atoms with E-state index in [1.54, 1.807) is 7.05 Å². The molecule has 1 aliphatic rings. The number of halogens is 1. The Morgan fingerprint density at radius 3 is 2.54 bits per heavy atom. The van der Waals surface area contributed by atoms with Gasteiger partial charge in [-0.1, -0.05) is 15.9 Å². The van der Waals surface area contributed by atoms with Crippen LogP contribution in [0.3, 0.4) is 0 Å². The van der Waals surface area contributed by atoms with Crippen molar-refractivity contribution in [2.75, 3.05) is 38.3 Å². The Morgan fingerprint density at radius 2 is 2.00 bits per heavy atom. The minimum Gasteiger partial charge on any atom is -0.325 e. The molecule has 1 saturated heterocycles. The van der Waals surface area contributed by atoms with E-state index < -0.39 is 10.0 Å². The van der Waals surface area contributed by atoms with Gasteiger partial charge in [-0.15, -0.1) is 0 Å². The van der Waals surface area contributed by atoms with Crippen molar-refractivity contribution < 1.29 is 13.2 Å². The Balaban J connectivity index is 1.83. The molecule has 1 aromatic rings. The van der Waals surface area contributed by atoms with E-state index in [1.807, 2.05) is 25.1 Å². The Hall–Kier alpha value is -0.960. The lowest BCUT2D eigenvalue weighted by Gasteiger charge is -2.35. The van der Waals surface area contributed by atoms with Gasteiger partial charge in [0.2, 0.25) is 15.9 Å². The lowest BCUT2D eigenvalue weighted by molar-refractivity contribution is -0.117. The molecule has 1 N–H and O–H groups in total. The predicted octanol–water partition coefficient (Wildman–Crippen LogP) is 2.05. The average molecular weight is 418 g/mol. The van der Waals surface area contributed by atoms with E-state index in [1.165, 1.54) is 10.6 Å². The summed E-state index contributed by atoms with van der Waals surface area (Å²) < 4.78 is 25.6. The maximum Gasteiger partial charge on any atom is 0.238 e. The number of benzene rings is 1. The zero-order chi connectivity index (χ0) is 17.9. The predicted molar refractivity (Wildman–Crippen MR) is 99.6 cm³/mol. The first-order chi connectivity index (χ1) is 11.2. The third-order valence-corrected chi connectivity index (χ3v) is 6.64. The third kappa shape index (κ3) is 5.27. The first kappa shape index (κ1) is 19.4. The molecule has 1 amide bonds. The van der Waals surface area contributed by atoms with Crippen LogP contribution >= 0.6 is 15.9 Å². The number of sulfonamides is 1. The maximum atomic E-state index is 12.2. The average Bonchev–Trinajstić information content (AvgIpc) is 2.50. The second-order valence-electron chi connectivity index (χ2n) is 6.30. The van der Waals surface area contributed by atoms with E-state index in [-0.39, 0.29) is 11.9 Å². The highest BCUT2D eigenvalue weighted by Gasteiger charge is 2.27. The SMILES string of the molecule is Cc1cc(NC(=O)CN2CCC(N(C)S(C)(=O)=O)CC2)ccc1Br. The van der Waals surface area contributed by atoms with Crippen LogP contribution in [-0.2, 0) is 14.8 Å². The summed E-state index contributed by atoms with van der Waals surface area (Å²) in [5.74, 6) is -0.0494. The number of carbonyl (C=O) groups excluding carboxylic acids is 1. The normalized spacial score (nSPS) is 17.2. The van der Waals surface area contributed by atoms with Gasteiger partial charge in [-0.3, -0.25) is 9.69 Å². The van der Waals surface area contributed by atoms with Crippen molar-refractivity contribution in [2.24, 2.45) is 0 Å². The second kappa shape index (κ2) is 7.95. The van der Waals surface area contributed by atoms with Crippen molar-refractivity contribution in [3.63, 3.8) is 0 Å². The first-order valence-electron chi connectivity index (χ1n) is 7.88. The Labute approximate surface area is 152 Å². The zero-order valence-corrected chi connectivity index (χ0v) is 16.7. The molecule has 134 valence electrons. The zero-order valence-electron chi connectivity index (χ0n) is 14.3. The van der Waals surface area contributed by atoms with Gasteiger partial charge >= 0.3 is 0 Å². The molecule has 0 atom stereocenters. The molecular weight excluding hydrogens is 394 g/mol. The molecule has 1 aromatic carbocycles. The highest BCUT2D eigenvalue weighted by molar-refractivity contribution is 9.10. The molecule has 8 heteroatoms. The topological polar surface area (TPSA) is 69.7 Å². The van der Waals surface area contributed by atoms with Crippen molar-refractivity contribution in [1.82, 2.24) is 9.21 Å². The van der Waals surface area contributed by atoms with E-state index in [9.17, 15) is 13.2 Å². The fourth-order valence-corrected chi connectivity index (χ4v) is 3.84. The number of piperidine rings is 1. The highest BCUT2D eigenvalue weighted by Crippen LogP contribution is 2.20. The molecule has 1 aliphatic heterocycles. The van der Waals surface area contributed by atoms with E-state index in [0.29, 0.717) is 6.54 Å². The van der Waals surface area contributed by atoms with Gasteiger partial charge in [-0.25, -0.2) is 12.7 Å². The van der Waals surface area contributed by atoms with Gasteiger partial charge in [0.1, 0.15) is 0 Å². The van der Waals surface area contributed by atoms with Crippen LogP contribution in [0.15, 0.2) is 22.7 Å². The number of nitrogens with one attached hydrogen (secondary N) is 1. The summed E-state index contributed by atoms with van der Waals surface area (Å²) in [6.07, 6.45) is 2.72. The van der Waals surface area contributed by atoms with Crippen molar-refractivity contribution in [1.29, 1.82) is 0 Å². The minimum absolute atomic E-state index is 0.0217. The molecular formula is C16H24BrN3O3S. The van der Waals surface area contributed by atoms with Gasteiger partial charge in [-0.2, -0.15) is 0 Å². The number of aryl methyl sites for hydroxylation is 1. The number of nitrogens with zero attached hydrogens (tertiary/aromatic N) is 2. The van der Waals surface area contributed by atoms with Crippen LogP contribution in [0.4, 0.5) is 5.69 Å². The number of likely N-dealkylation sites (tertiary alicyclic amines) is 1. The highest BCUT2D eigenvalue weighted by atomic mass is 79.9. The molecule has 2 rings (SSSR count). The quantitative estimate of drug-likeness (QED) is 0.795. The molecule has 24 heavy (non-hydrogen) atoms. The van der Waals surface area contributed by atoms with Gasteiger partial charge < -0.3 is 5.32 Å². The van der Waals surface area contributed by atoms with Gasteiger partial charge in [-0.05, 0) is 43.5 Å². The van der Waals surface area contributed by atoms with Gasteiger partial charge in [0.15, 0.2) is 0 Å². The first-order valence-corrected chi connectivity index (χ1v) is 10.5. The summed E-state index contributed by atoms with van der Waals surface area (Å²) in [6.45, 7) is 3.74. The smallest absolute Gasteiger partial charge is 0.238 e. The molecule has 1 heterocycles. The van der Waals surface area contributed by atoms with Crippen molar-refractivity contribution >= 4 is 37.5 Å². The molecule has 0 aliphatic carbocycles. The van der Waals surface area contributed by atoms with Crippen LogP contribution in [0.25, 0.3) is 0 Å². The van der Waals surface area contributed by atoms with Crippen LogP contribution in [0.5, 0.6) is 0 Å². The third-order valence-electron chi connectivity index (χ3n) is 4.40. The van der Waals surface area contributed by atoms with E-state index in [0.717, 1.165) is 41.7 Å². The maximum absolute atomic E-state index is 12.2. The van der Waals surface area contributed by atoms with Gasteiger partial charge in [0.05, 0.1) is 12.8 Å². The van der Waals surface area contributed by atoms with Gasteiger partial charge in [0.25, 0.3) is 0 Å². The Kier molecular flexibility index (Phi) is 6.41. The second-order valence-corrected chi connectivity index (χ2v) is 9.20. The molecule has 1 fully saturated rings. The Morgan fingerprint density at radius 1 is 1.38 bits per heavy atom. The summed E-state index contributed by atoms with van der Waals surface area (Å²) in [5, 5.41) is 2.91. The Bertz CT molecular complexity index is 701. The van der Waals surface area contributed by atoms with Crippen molar-refractivity contribution in [3.05, 3.63) is 28.2 Å². The lowest BCUT2D eigenvalue weighted by atomic mass is 10.1. The minimum atomic E-state index is -3.16. The largest absolute Gasteiger partial charge is 0.325 e. The van der Waals surface area contributed by atoms with Crippen LogP contribution in [0.2, 0.25) is 0 Å². The standard InChI is InChI=1S/C16H24BrN3O3S/c1-12-10-13(4-5-15(12)17)18-16(21)11-20-8-6-14(7-9-20)19(2)24(3,22)23/h4-5,10,14H,6-9,11H2,1-3H3,(H,18,21). The molecule has 6 nitrogen and oxygen atoms in total. The molecule has 0 radical (unpaired) electrons. The fraction of sp³-hybridized carbons (Fsp3) is 0.562. The lowest BCUT2D eigenvalue weighted by Crippen LogP contribution is -2.47. The summed E-state index contributed by atoms with van der Waals surface area (Å²) in [4.78, 5) is 14.2. The summed E-state index contributed by atoms with van der Waals surface area (Å²) in [6, 6.07) is 5.73. The van der Waals surface area contributed by atoms with Gasteiger partial charge in [0, 0.05) is 36.3 Å². The molecule has 0 aromatic heterocycles. The number of amides is 1. The summed E-state index contributed by atoms with van der Waals surface area (Å²) in [7, 11) is -1.54. The van der Waals surface area contributed by atoms with Crippen molar-refractivity contribution in [3.8, 4) is 0 Å². The van der Waals surface area contributed by atoms with Crippen LogP contribution in [0.1, 0.15) is 18.4 Å². The number of hydrogen-bond acceptors (Lipinski definition) is 4. The number of rotatable bonds is 5. The molecule has 0 spiro atoms. The fourth-order valence-electron chi connectivity index (χ4n) is 2.84. The van der Waals surface area contributed by atoms with E-state index in [2.05, 4.69) is 26.1 Å². The molecule has 0 bridgehead atoms. The van der Waals surface area contributed by atoms with Crippen LogP contribution < -0.4 is 5.32 Å². The number of hydrogen-bond donors (Lipinski definition) is 1. The van der Waals surface area contributed by atoms with Crippen molar-refractivity contribution in [2.45, 2.75) is 25.8 Å². The number of carbonyl (C=O) groups is 1.